The van der Waals surface area contributed by atoms with E-state index in [-0.39, 0.29) is 0 Å². The van der Waals surface area contributed by atoms with Gasteiger partial charge < -0.3 is 0 Å². The fourth-order valence-electron chi connectivity index (χ4n) is 4.09. The van der Waals surface area contributed by atoms with Gasteiger partial charge in [-0.3, -0.25) is 0 Å². The van der Waals surface area contributed by atoms with Gasteiger partial charge in [-0.05, 0) is 117 Å². The van der Waals surface area contributed by atoms with Crippen molar-refractivity contribution in [2.24, 2.45) is 0 Å². The monoisotopic (exact) mass is 722 g/mol. The van der Waals surface area contributed by atoms with Crippen LogP contribution < -0.4 is 0 Å². The van der Waals surface area contributed by atoms with Gasteiger partial charge in [-0.15, -0.1) is 0 Å². The Kier molecular flexibility index (Phi) is 8.01. The second-order valence-electron chi connectivity index (χ2n) is 7.39. The lowest BCUT2D eigenvalue weighted by molar-refractivity contribution is 0.613. The molecule has 0 spiro atoms. The quantitative estimate of drug-likeness (QED) is 0.142. The standard InChI is InChI=1S/C26H16Cl4I2/c27-21-3-1-4-22(28)20(21)15-26(16-7-11-18(31)12-8-16,17-9-13-19(32)14-10-17)25-23(29)5-2-6-24(25)30/h1-14H,15H2. The van der Waals surface area contributed by atoms with Gasteiger partial charge in [0.1, 0.15) is 0 Å². The van der Waals surface area contributed by atoms with E-state index >= 15 is 0 Å². The van der Waals surface area contributed by atoms with Crippen molar-refractivity contribution >= 4 is 91.6 Å². The van der Waals surface area contributed by atoms with Crippen molar-refractivity contribution in [3.63, 3.8) is 0 Å². The zero-order valence-electron chi connectivity index (χ0n) is 16.6. The van der Waals surface area contributed by atoms with E-state index in [1.807, 2.05) is 36.4 Å². The summed E-state index contributed by atoms with van der Waals surface area (Å²) >= 11 is 31.7. The highest BCUT2D eigenvalue weighted by molar-refractivity contribution is 14.1. The molecule has 4 rings (SSSR count). The average Bonchev–Trinajstić information content (AvgIpc) is 2.76. The lowest BCUT2D eigenvalue weighted by Gasteiger charge is -2.38. The number of hydrogen-bond acceptors (Lipinski definition) is 0. The summed E-state index contributed by atoms with van der Waals surface area (Å²) in [6, 6.07) is 28.1. The molecule has 0 nitrogen and oxygen atoms in total. The van der Waals surface area contributed by atoms with Gasteiger partial charge in [0.2, 0.25) is 0 Å². The SMILES string of the molecule is Clc1cccc(Cl)c1CC(c1ccc(I)cc1)(c1ccc(I)cc1)c1c(Cl)cccc1Cl. The Balaban J connectivity index is 2.13. The third kappa shape index (κ3) is 4.82. The van der Waals surface area contributed by atoms with Gasteiger partial charge in [0.05, 0.1) is 5.41 Å². The Morgan fingerprint density at radius 3 is 1.31 bits per heavy atom. The van der Waals surface area contributed by atoms with Crippen LogP contribution in [-0.2, 0) is 11.8 Å². The molecule has 0 bridgehead atoms. The van der Waals surface area contributed by atoms with Crippen molar-refractivity contribution in [3.05, 3.63) is 134 Å². The molecule has 0 aliphatic rings. The van der Waals surface area contributed by atoms with Crippen molar-refractivity contribution < 1.29 is 0 Å². The molecule has 0 radical (unpaired) electrons. The molecule has 0 aromatic heterocycles. The molecule has 0 fully saturated rings. The molecule has 0 N–H and O–H groups in total. The van der Waals surface area contributed by atoms with Crippen molar-refractivity contribution in [1.82, 2.24) is 0 Å². The molecule has 0 saturated heterocycles. The summed E-state index contributed by atoms with van der Waals surface area (Å²) in [5.74, 6) is 0. The van der Waals surface area contributed by atoms with E-state index in [1.54, 1.807) is 0 Å². The highest BCUT2D eigenvalue weighted by Gasteiger charge is 2.40. The molecule has 162 valence electrons. The largest absolute Gasteiger partial charge is 0.0840 e. The third-order valence-electron chi connectivity index (χ3n) is 5.57. The van der Waals surface area contributed by atoms with Crippen LogP contribution in [0.25, 0.3) is 0 Å². The first kappa shape index (κ1) is 24.6. The van der Waals surface area contributed by atoms with E-state index in [2.05, 4.69) is 93.7 Å². The summed E-state index contributed by atoms with van der Waals surface area (Å²) in [5, 5.41) is 2.41. The molecule has 0 heterocycles. The number of rotatable bonds is 5. The molecule has 0 unspecified atom stereocenters. The molecule has 4 aromatic rings. The Bertz CT molecular complexity index is 1170. The highest BCUT2D eigenvalue weighted by atomic mass is 127. The van der Waals surface area contributed by atoms with Crippen LogP contribution in [0, 0.1) is 7.14 Å². The van der Waals surface area contributed by atoms with E-state index < -0.39 is 5.41 Å². The van der Waals surface area contributed by atoms with Crippen LogP contribution in [0.1, 0.15) is 22.3 Å². The third-order valence-corrected chi connectivity index (χ3v) is 8.34. The molecule has 0 saturated carbocycles. The first-order valence-electron chi connectivity index (χ1n) is 9.72. The number of hydrogen-bond donors (Lipinski definition) is 0. The maximum absolute atomic E-state index is 6.87. The van der Waals surface area contributed by atoms with E-state index in [0.29, 0.717) is 26.5 Å². The van der Waals surface area contributed by atoms with E-state index in [1.165, 1.54) is 0 Å². The van der Waals surface area contributed by atoms with Crippen LogP contribution >= 0.6 is 91.6 Å². The summed E-state index contributed by atoms with van der Waals surface area (Å²) in [5.41, 5.74) is 3.10. The summed E-state index contributed by atoms with van der Waals surface area (Å²) in [6.45, 7) is 0. The van der Waals surface area contributed by atoms with Gasteiger partial charge in [-0.1, -0.05) is 82.8 Å². The molecule has 4 aromatic carbocycles. The maximum Gasteiger partial charge on any atom is 0.0522 e. The van der Waals surface area contributed by atoms with E-state index in [4.69, 9.17) is 46.4 Å². The van der Waals surface area contributed by atoms with Crippen molar-refractivity contribution in [2.75, 3.05) is 0 Å². The molecular formula is C26H16Cl4I2. The van der Waals surface area contributed by atoms with Gasteiger partial charge in [0.15, 0.2) is 0 Å². The maximum atomic E-state index is 6.87. The molecule has 0 aliphatic carbocycles. The molecule has 0 atom stereocenters. The topological polar surface area (TPSA) is 0 Å². The lowest BCUT2D eigenvalue weighted by atomic mass is 9.66. The van der Waals surface area contributed by atoms with Crippen molar-refractivity contribution in [1.29, 1.82) is 0 Å². The van der Waals surface area contributed by atoms with E-state index in [9.17, 15) is 0 Å². The average molecular weight is 724 g/mol. The first-order valence-corrected chi connectivity index (χ1v) is 13.4. The summed E-state index contributed by atoms with van der Waals surface area (Å²) in [6.07, 6.45) is 0.496. The Hall–Kier alpha value is -0.500. The minimum atomic E-state index is -0.710. The van der Waals surface area contributed by atoms with Crippen LogP contribution in [0.2, 0.25) is 20.1 Å². The van der Waals surface area contributed by atoms with E-state index in [0.717, 1.165) is 29.4 Å². The minimum absolute atomic E-state index is 0.496. The molecule has 0 aliphatic heterocycles. The second kappa shape index (κ2) is 10.4. The Morgan fingerprint density at radius 1 is 0.531 bits per heavy atom. The van der Waals surface area contributed by atoms with Crippen LogP contribution in [-0.4, -0.2) is 0 Å². The number of halogens is 6. The molecule has 0 amide bonds. The summed E-state index contributed by atoms with van der Waals surface area (Å²) in [4.78, 5) is 0. The van der Waals surface area contributed by atoms with Crippen molar-refractivity contribution in [3.8, 4) is 0 Å². The van der Waals surface area contributed by atoms with Crippen LogP contribution in [0.5, 0.6) is 0 Å². The van der Waals surface area contributed by atoms with Crippen LogP contribution in [0.4, 0.5) is 0 Å². The Morgan fingerprint density at radius 2 is 0.906 bits per heavy atom. The van der Waals surface area contributed by atoms with Gasteiger partial charge in [-0.25, -0.2) is 0 Å². The fourth-order valence-corrected chi connectivity index (χ4v) is 6.06. The fraction of sp³-hybridized carbons (Fsp3) is 0.0769. The molecule has 32 heavy (non-hydrogen) atoms. The Labute approximate surface area is 235 Å². The summed E-state index contributed by atoms with van der Waals surface area (Å²) in [7, 11) is 0. The van der Waals surface area contributed by atoms with Gasteiger partial charge >= 0.3 is 0 Å². The number of benzene rings is 4. The predicted molar refractivity (Wildman–Crippen MR) is 155 cm³/mol. The van der Waals surface area contributed by atoms with Gasteiger partial charge in [0, 0.05) is 32.8 Å². The van der Waals surface area contributed by atoms with Gasteiger partial charge in [-0.2, -0.15) is 0 Å². The highest BCUT2D eigenvalue weighted by Crippen LogP contribution is 2.49. The zero-order chi connectivity index (χ0) is 22.9. The normalized spacial score (nSPS) is 11.6. The van der Waals surface area contributed by atoms with Crippen molar-refractivity contribution in [2.45, 2.75) is 11.8 Å². The van der Waals surface area contributed by atoms with Crippen LogP contribution in [0.3, 0.4) is 0 Å². The molecule has 6 heteroatoms. The first-order chi connectivity index (χ1) is 15.3. The van der Waals surface area contributed by atoms with Crippen LogP contribution in [0.15, 0.2) is 84.9 Å². The summed E-state index contributed by atoms with van der Waals surface area (Å²) < 4.78 is 2.28. The zero-order valence-corrected chi connectivity index (χ0v) is 23.9. The predicted octanol–water partition coefficient (Wildman–Crippen LogP) is 10.1. The van der Waals surface area contributed by atoms with Gasteiger partial charge in [0.25, 0.3) is 0 Å². The second-order valence-corrected chi connectivity index (χ2v) is 11.5. The smallest absolute Gasteiger partial charge is 0.0522 e. The molecular weight excluding hydrogens is 708 g/mol. The lowest BCUT2D eigenvalue weighted by Crippen LogP contribution is -2.33. The minimum Gasteiger partial charge on any atom is -0.0840 e.